The third kappa shape index (κ3) is 12.0. The van der Waals surface area contributed by atoms with Gasteiger partial charge in [-0.25, -0.2) is 4.79 Å². The van der Waals surface area contributed by atoms with Gasteiger partial charge in [-0.05, 0) is 73.1 Å². The molecule has 3 aromatic carbocycles. The van der Waals surface area contributed by atoms with Gasteiger partial charge < -0.3 is 43.6 Å². The van der Waals surface area contributed by atoms with Gasteiger partial charge in [0.1, 0.15) is 18.1 Å². The number of hydrogen-bond donors (Lipinski definition) is 1. The number of unbranched alkanes of at least 4 members (excludes halogenated alkanes) is 2. The van der Waals surface area contributed by atoms with Gasteiger partial charge in [0, 0.05) is 45.2 Å². The number of amides is 2. The van der Waals surface area contributed by atoms with Crippen LogP contribution in [0.3, 0.4) is 0 Å². The maximum absolute atomic E-state index is 13.8. The van der Waals surface area contributed by atoms with Crippen LogP contribution < -0.4 is 19.7 Å². The van der Waals surface area contributed by atoms with Crippen molar-refractivity contribution < 1.29 is 43.2 Å². The Morgan fingerprint density at radius 1 is 0.944 bits per heavy atom. The molecular weight excluding hydrogens is 696 g/mol. The molecule has 1 saturated heterocycles. The van der Waals surface area contributed by atoms with E-state index in [1.807, 2.05) is 66.7 Å². The van der Waals surface area contributed by atoms with Crippen LogP contribution in [0.1, 0.15) is 61.1 Å². The Morgan fingerprint density at radius 2 is 1.74 bits per heavy atom. The zero-order valence-corrected chi connectivity index (χ0v) is 31.2. The number of carbonyl (C=O) groups is 2. The van der Waals surface area contributed by atoms with Gasteiger partial charge in [-0.1, -0.05) is 48.5 Å². The second kappa shape index (κ2) is 21.0. The minimum Gasteiger partial charge on any atom is -0.497 e. The number of methoxy groups -OCH3 is 2. The van der Waals surface area contributed by atoms with Crippen LogP contribution in [0, 0.1) is 10.1 Å². The van der Waals surface area contributed by atoms with Crippen molar-refractivity contribution in [3.8, 4) is 11.5 Å². The van der Waals surface area contributed by atoms with Gasteiger partial charge in [-0.2, -0.15) is 0 Å². The minimum absolute atomic E-state index is 0.0118. The second-order valence-corrected chi connectivity index (χ2v) is 13.5. The van der Waals surface area contributed by atoms with Gasteiger partial charge >= 0.3 is 6.09 Å². The molecule has 14 nitrogen and oxygen atoms in total. The third-order valence-corrected chi connectivity index (χ3v) is 9.76. The summed E-state index contributed by atoms with van der Waals surface area (Å²) >= 11 is 0. The van der Waals surface area contributed by atoms with E-state index in [0.717, 1.165) is 53.4 Å². The molecule has 0 spiro atoms. The summed E-state index contributed by atoms with van der Waals surface area (Å²) in [5, 5.41) is 12.6. The molecule has 2 heterocycles. The van der Waals surface area contributed by atoms with E-state index in [2.05, 4.69) is 21.1 Å². The van der Waals surface area contributed by atoms with E-state index in [1.54, 1.807) is 19.1 Å². The van der Waals surface area contributed by atoms with Crippen molar-refractivity contribution in [2.24, 2.45) is 0 Å². The summed E-state index contributed by atoms with van der Waals surface area (Å²) in [7, 11) is 3.33. The van der Waals surface area contributed by atoms with E-state index in [1.165, 1.54) is 0 Å². The molecule has 0 radical (unpaired) electrons. The van der Waals surface area contributed by atoms with Crippen LogP contribution in [0.25, 0.3) is 0 Å². The average molecular weight is 749 g/mol. The first-order valence-electron chi connectivity index (χ1n) is 18.6. The summed E-state index contributed by atoms with van der Waals surface area (Å²) in [5.74, 6) is 1.25. The molecule has 2 aliphatic rings. The van der Waals surface area contributed by atoms with Crippen molar-refractivity contribution in [3.05, 3.63) is 99.6 Å². The number of piperidine rings is 1. The molecule has 5 rings (SSSR count). The number of rotatable bonds is 20. The highest BCUT2D eigenvalue weighted by Crippen LogP contribution is 2.38. The van der Waals surface area contributed by atoms with Gasteiger partial charge in [0.2, 0.25) is 5.91 Å². The van der Waals surface area contributed by atoms with Crippen LogP contribution in [0.2, 0.25) is 0 Å². The Balaban J connectivity index is 1.33. The molecule has 0 aromatic heterocycles. The molecule has 3 unspecified atom stereocenters. The van der Waals surface area contributed by atoms with E-state index >= 15 is 0 Å². The fourth-order valence-electron chi connectivity index (χ4n) is 6.92. The standard InChI is InChI=1S/C40H52N4O10/c1-49-20-9-18-42-19-23-51-37-17-12-31(24-36(37)42)29-53-38-28-43(40(46)52-21-7-4-8-22-54-44(47)48)33(25-35(38)32-13-15-34(50-2)16-14-32)26-39(45)41-27-30-10-5-3-6-11-30/h3,5-6,10-17,24,33,35,38H,4,7-9,18-23,25-29H2,1-2H3,(H,41,45). The molecular formula is C40H52N4O10. The number of carbonyl (C=O) groups excluding carboxylic acids is 2. The number of anilines is 1. The lowest BCUT2D eigenvalue weighted by Crippen LogP contribution is -2.53. The summed E-state index contributed by atoms with van der Waals surface area (Å²) in [4.78, 5) is 45.9. The minimum atomic E-state index is -0.816. The van der Waals surface area contributed by atoms with Crippen LogP contribution in [-0.4, -0.2) is 94.4 Å². The summed E-state index contributed by atoms with van der Waals surface area (Å²) in [6, 6.07) is 23.1. The van der Waals surface area contributed by atoms with Crippen LogP contribution in [0.15, 0.2) is 72.8 Å². The molecule has 3 atom stereocenters. The smallest absolute Gasteiger partial charge is 0.410 e. The van der Waals surface area contributed by atoms with E-state index < -0.39 is 23.3 Å². The maximum Gasteiger partial charge on any atom is 0.410 e. The predicted molar refractivity (Wildman–Crippen MR) is 201 cm³/mol. The molecule has 0 saturated carbocycles. The zero-order valence-electron chi connectivity index (χ0n) is 31.2. The van der Waals surface area contributed by atoms with Gasteiger partial charge in [0.05, 0.1) is 51.8 Å². The zero-order chi connectivity index (χ0) is 38.1. The molecule has 0 aliphatic carbocycles. The van der Waals surface area contributed by atoms with Crippen molar-refractivity contribution in [3.63, 3.8) is 0 Å². The van der Waals surface area contributed by atoms with Crippen molar-refractivity contribution in [2.45, 2.75) is 69.7 Å². The Kier molecular flexibility index (Phi) is 15.6. The molecule has 14 heteroatoms. The summed E-state index contributed by atoms with van der Waals surface area (Å²) < 4.78 is 29.1. The molecule has 292 valence electrons. The second-order valence-electron chi connectivity index (χ2n) is 13.5. The highest BCUT2D eigenvalue weighted by atomic mass is 16.9. The van der Waals surface area contributed by atoms with Gasteiger partial charge in [0.15, 0.2) is 0 Å². The van der Waals surface area contributed by atoms with Crippen LogP contribution >= 0.6 is 0 Å². The fraction of sp³-hybridized carbons (Fsp3) is 0.500. The number of nitrogens with zero attached hydrogens (tertiary/aromatic N) is 3. The molecule has 2 amide bonds. The highest BCUT2D eigenvalue weighted by molar-refractivity contribution is 5.78. The van der Waals surface area contributed by atoms with Crippen LogP contribution in [0.5, 0.6) is 11.5 Å². The van der Waals surface area contributed by atoms with Gasteiger partial charge in [-0.15, -0.1) is 10.1 Å². The summed E-state index contributed by atoms with van der Waals surface area (Å²) in [6.45, 7) is 3.93. The first kappa shape index (κ1) is 40.1. The lowest BCUT2D eigenvalue weighted by Gasteiger charge is -2.43. The monoisotopic (exact) mass is 748 g/mol. The van der Waals surface area contributed by atoms with Crippen LogP contribution in [-0.2, 0) is 37.0 Å². The number of nitrogens with one attached hydrogen (secondary N) is 1. The molecule has 54 heavy (non-hydrogen) atoms. The van der Waals surface area contributed by atoms with Gasteiger partial charge in [-0.3, -0.25) is 4.79 Å². The third-order valence-electron chi connectivity index (χ3n) is 9.76. The Labute approximate surface area is 316 Å². The maximum atomic E-state index is 13.8. The molecule has 3 aromatic rings. The van der Waals surface area contributed by atoms with Crippen LogP contribution in [0.4, 0.5) is 10.5 Å². The number of likely N-dealkylation sites (tertiary alicyclic amines) is 1. The summed E-state index contributed by atoms with van der Waals surface area (Å²) in [5.41, 5.74) is 3.99. The highest BCUT2D eigenvalue weighted by Gasteiger charge is 2.41. The largest absolute Gasteiger partial charge is 0.497 e. The first-order chi connectivity index (χ1) is 26.3. The van der Waals surface area contributed by atoms with Crippen molar-refractivity contribution >= 4 is 17.7 Å². The molecule has 1 N–H and O–H groups in total. The molecule has 2 aliphatic heterocycles. The number of benzene rings is 3. The number of fused-ring (bicyclic) bond motifs is 1. The lowest BCUT2D eigenvalue weighted by atomic mass is 9.82. The average Bonchev–Trinajstić information content (AvgIpc) is 3.19. The quantitative estimate of drug-likeness (QED) is 0.0836. The Hall–Kier alpha value is -5.08. The normalized spacial score (nSPS) is 17.9. The molecule has 0 bridgehead atoms. The lowest BCUT2D eigenvalue weighted by molar-refractivity contribution is -0.757. The molecule has 1 fully saturated rings. The SMILES string of the molecule is COCCCN1CCOc2ccc(COC3CN(C(=O)OCCCCCO[N+](=O)[O-])C(CC(=O)NCc4ccccc4)CC3c3ccc(OC)cc3)cc21. The Bertz CT molecular complexity index is 1630. The topological polar surface area (TPSA) is 151 Å². The summed E-state index contributed by atoms with van der Waals surface area (Å²) in [6.07, 6.45) is 2.07. The van der Waals surface area contributed by atoms with Crippen molar-refractivity contribution in [1.82, 2.24) is 10.2 Å². The fourth-order valence-corrected chi connectivity index (χ4v) is 6.92. The van der Waals surface area contributed by atoms with E-state index in [-0.39, 0.29) is 38.0 Å². The first-order valence-corrected chi connectivity index (χ1v) is 18.6. The van der Waals surface area contributed by atoms with E-state index in [4.69, 9.17) is 23.7 Å². The Morgan fingerprint density at radius 3 is 2.50 bits per heavy atom. The van der Waals surface area contributed by atoms with Crippen molar-refractivity contribution in [2.75, 3.05) is 65.2 Å². The number of ether oxygens (including phenoxy) is 5. The van der Waals surface area contributed by atoms with E-state index in [9.17, 15) is 19.7 Å². The van der Waals surface area contributed by atoms with Gasteiger partial charge in [0.25, 0.3) is 5.09 Å². The van der Waals surface area contributed by atoms with E-state index in [0.29, 0.717) is 52.0 Å². The predicted octanol–water partition coefficient (Wildman–Crippen LogP) is 5.90. The number of hydrogen-bond acceptors (Lipinski definition) is 11. The van der Waals surface area contributed by atoms with Crippen molar-refractivity contribution in [1.29, 1.82) is 0 Å².